The Morgan fingerprint density at radius 1 is 1.03 bits per heavy atom. The number of anilines is 1. The summed E-state index contributed by atoms with van der Waals surface area (Å²) in [5.41, 5.74) is 3.32. The molecule has 0 unspecified atom stereocenters. The fourth-order valence-corrected chi connectivity index (χ4v) is 3.55. The standard InChI is InChI=1S/C26H23ClFN3O2/c1-2-18-9-11-23(12-10-18)33-17-20-6-3-7-21(13-20)26(32)29-25-24(27)16-31(30-25)15-19-5-4-8-22(28)14-19/h3-14,16H,2,15,17H2,1H3,(H,29,30,32). The van der Waals surface area contributed by atoms with Crippen LogP contribution in [0.25, 0.3) is 0 Å². The maximum Gasteiger partial charge on any atom is 0.256 e. The fourth-order valence-electron chi connectivity index (χ4n) is 3.36. The van der Waals surface area contributed by atoms with E-state index in [0.29, 0.717) is 23.7 Å². The third-order valence-electron chi connectivity index (χ3n) is 5.11. The lowest BCUT2D eigenvalue weighted by Crippen LogP contribution is -2.13. The highest BCUT2D eigenvalue weighted by molar-refractivity contribution is 6.33. The van der Waals surface area contributed by atoms with Gasteiger partial charge in [-0.25, -0.2) is 4.39 Å². The second kappa shape index (κ2) is 10.3. The normalized spacial score (nSPS) is 10.8. The molecule has 0 spiro atoms. The number of benzene rings is 3. The van der Waals surface area contributed by atoms with E-state index >= 15 is 0 Å². The lowest BCUT2D eigenvalue weighted by molar-refractivity contribution is 0.102. The van der Waals surface area contributed by atoms with Crippen molar-refractivity contribution in [2.75, 3.05) is 5.32 Å². The minimum absolute atomic E-state index is 0.246. The smallest absolute Gasteiger partial charge is 0.256 e. The zero-order valence-corrected chi connectivity index (χ0v) is 18.8. The van der Waals surface area contributed by atoms with Crippen LogP contribution in [-0.4, -0.2) is 15.7 Å². The number of hydrogen-bond acceptors (Lipinski definition) is 3. The summed E-state index contributed by atoms with van der Waals surface area (Å²) in [5, 5.41) is 7.36. The zero-order valence-electron chi connectivity index (χ0n) is 18.1. The highest BCUT2D eigenvalue weighted by atomic mass is 35.5. The summed E-state index contributed by atoms with van der Waals surface area (Å²) in [5.74, 6) is 0.372. The second-order valence-electron chi connectivity index (χ2n) is 7.59. The Morgan fingerprint density at radius 3 is 2.55 bits per heavy atom. The molecule has 4 aromatic rings. The maximum atomic E-state index is 13.4. The molecule has 0 radical (unpaired) electrons. The van der Waals surface area contributed by atoms with Crippen LogP contribution in [0.5, 0.6) is 5.75 Å². The number of carbonyl (C=O) groups excluding carboxylic acids is 1. The first kappa shape index (κ1) is 22.6. The van der Waals surface area contributed by atoms with E-state index in [0.717, 1.165) is 23.3 Å². The molecule has 0 saturated carbocycles. The van der Waals surface area contributed by atoms with Crippen LogP contribution < -0.4 is 10.1 Å². The molecule has 1 aromatic heterocycles. The first-order valence-corrected chi connectivity index (χ1v) is 11.0. The van der Waals surface area contributed by atoms with E-state index in [1.165, 1.54) is 17.7 Å². The van der Waals surface area contributed by atoms with Gasteiger partial charge in [0.1, 0.15) is 23.2 Å². The van der Waals surface area contributed by atoms with Crippen LogP contribution in [0.3, 0.4) is 0 Å². The van der Waals surface area contributed by atoms with Crippen LogP contribution in [0.1, 0.15) is 34.0 Å². The minimum Gasteiger partial charge on any atom is -0.489 e. The molecule has 1 heterocycles. The largest absolute Gasteiger partial charge is 0.489 e. The minimum atomic E-state index is -0.331. The van der Waals surface area contributed by atoms with Gasteiger partial charge in [0.25, 0.3) is 5.91 Å². The molecule has 1 amide bonds. The summed E-state index contributed by atoms with van der Waals surface area (Å²) >= 11 is 6.25. The van der Waals surface area contributed by atoms with E-state index < -0.39 is 0 Å². The lowest BCUT2D eigenvalue weighted by Gasteiger charge is -2.09. The molecule has 7 heteroatoms. The summed E-state index contributed by atoms with van der Waals surface area (Å²) in [6.45, 7) is 2.78. The number of hydrogen-bond donors (Lipinski definition) is 1. The lowest BCUT2D eigenvalue weighted by atomic mass is 10.1. The van der Waals surface area contributed by atoms with Crippen LogP contribution in [0.15, 0.2) is 79.0 Å². The van der Waals surface area contributed by atoms with Gasteiger partial charge in [0.15, 0.2) is 5.82 Å². The predicted octanol–water partition coefficient (Wildman–Crippen LogP) is 6.12. The van der Waals surface area contributed by atoms with Gasteiger partial charge in [-0.1, -0.05) is 54.9 Å². The van der Waals surface area contributed by atoms with Crippen molar-refractivity contribution in [3.8, 4) is 5.75 Å². The number of nitrogens with one attached hydrogen (secondary N) is 1. The molecule has 168 valence electrons. The van der Waals surface area contributed by atoms with Gasteiger partial charge in [-0.2, -0.15) is 5.10 Å². The number of aromatic nitrogens is 2. The Morgan fingerprint density at radius 2 is 1.79 bits per heavy atom. The van der Waals surface area contributed by atoms with Gasteiger partial charge in [0.05, 0.1) is 6.54 Å². The molecule has 3 aromatic carbocycles. The Labute approximate surface area is 196 Å². The average molecular weight is 464 g/mol. The highest BCUT2D eigenvalue weighted by Gasteiger charge is 2.13. The summed E-state index contributed by atoms with van der Waals surface area (Å²) in [7, 11) is 0. The van der Waals surface area contributed by atoms with Crippen molar-refractivity contribution in [2.24, 2.45) is 0 Å². The van der Waals surface area contributed by atoms with Gasteiger partial charge in [-0.05, 0) is 59.5 Å². The van der Waals surface area contributed by atoms with Crippen LogP contribution in [0.2, 0.25) is 5.02 Å². The Balaban J connectivity index is 1.39. The van der Waals surface area contributed by atoms with E-state index in [2.05, 4.69) is 17.3 Å². The van der Waals surface area contributed by atoms with E-state index in [4.69, 9.17) is 16.3 Å². The van der Waals surface area contributed by atoms with Crippen molar-refractivity contribution in [3.05, 3.63) is 112 Å². The Kier molecular flexibility index (Phi) is 7.05. The summed E-state index contributed by atoms with van der Waals surface area (Å²) in [6, 6.07) is 21.4. The van der Waals surface area contributed by atoms with Crippen molar-refractivity contribution >= 4 is 23.3 Å². The third kappa shape index (κ3) is 5.99. The van der Waals surface area contributed by atoms with Crippen molar-refractivity contribution in [1.82, 2.24) is 9.78 Å². The molecule has 0 aliphatic rings. The van der Waals surface area contributed by atoms with Gasteiger partial charge in [0, 0.05) is 11.8 Å². The monoisotopic (exact) mass is 463 g/mol. The second-order valence-corrected chi connectivity index (χ2v) is 8.00. The highest BCUT2D eigenvalue weighted by Crippen LogP contribution is 2.21. The molecule has 1 N–H and O–H groups in total. The summed E-state index contributed by atoms with van der Waals surface area (Å²) in [6.07, 6.45) is 2.57. The third-order valence-corrected chi connectivity index (χ3v) is 5.39. The topological polar surface area (TPSA) is 56.1 Å². The molecule has 5 nitrogen and oxygen atoms in total. The number of carbonyl (C=O) groups is 1. The van der Waals surface area contributed by atoms with Crippen molar-refractivity contribution in [2.45, 2.75) is 26.5 Å². The molecule has 4 rings (SSSR count). The predicted molar refractivity (Wildman–Crippen MR) is 127 cm³/mol. The molecular weight excluding hydrogens is 441 g/mol. The number of halogens is 2. The SMILES string of the molecule is CCc1ccc(OCc2cccc(C(=O)Nc3nn(Cc4cccc(F)c4)cc3Cl)c2)cc1. The van der Waals surface area contributed by atoms with Gasteiger partial charge in [-0.3, -0.25) is 9.48 Å². The molecule has 0 aliphatic carbocycles. The number of amides is 1. The first-order chi connectivity index (χ1) is 16.0. The van der Waals surface area contributed by atoms with E-state index in [1.54, 1.807) is 41.2 Å². The van der Waals surface area contributed by atoms with E-state index in [-0.39, 0.29) is 17.5 Å². The number of nitrogens with zero attached hydrogens (tertiary/aromatic N) is 2. The van der Waals surface area contributed by atoms with Crippen molar-refractivity contribution in [3.63, 3.8) is 0 Å². The van der Waals surface area contributed by atoms with Crippen LogP contribution in [0.4, 0.5) is 10.2 Å². The summed E-state index contributed by atoms with van der Waals surface area (Å²) in [4.78, 5) is 12.8. The maximum absolute atomic E-state index is 13.4. The molecule has 0 fully saturated rings. The number of rotatable bonds is 8. The molecule has 0 aliphatic heterocycles. The van der Waals surface area contributed by atoms with Crippen molar-refractivity contribution in [1.29, 1.82) is 0 Å². The van der Waals surface area contributed by atoms with Gasteiger partial charge >= 0.3 is 0 Å². The zero-order chi connectivity index (χ0) is 23.2. The summed E-state index contributed by atoms with van der Waals surface area (Å²) < 4.78 is 20.8. The number of ether oxygens (including phenoxy) is 1. The molecule has 0 bridgehead atoms. The molecular formula is C26H23ClFN3O2. The first-order valence-electron chi connectivity index (χ1n) is 10.6. The van der Waals surface area contributed by atoms with Crippen LogP contribution in [-0.2, 0) is 19.6 Å². The molecule has 0 saturated heterocycles. The number of aryl methyl sites for hydroxylation is 1. The Hall–Kier alpha value is -3.64. The van der Waals surface area contributed by atoms with E-state index in [1.807, 2.05) is 30.3 Å². The van der Waals surface area contributed by atoms with Crippen molar-refractivity contribution < 1.29 is 13.9 Å². The van der Waals surface area contributed by atoms with E-state index in [9.17, 15) is 9.18 Å². The van der Waals surface area contributed by atoms with Crippen LogP contribution >= 0.6 is 11.6 Å². The van der Waals surface area contributed by atoms with Gasteiger partial charge in [-0.15, -0.1) is 0 Å². The molecule has 33 heavy (non-hydrogen) atoms. The average Bonchev–Trinajstić information content (AvgIpc) is 3.16. The van der Waals surface area contributed by atoms with Gasteiger partial charge in [0.2, 0.25) is 0 Å². The Bertz CT molecular complexity index is 1250. The van der Waals surface area contributed by atoms with Gasteiger partial charge < -0.3 is 10.1 Å². The molecule has 0 atom stereocenters. The quantitative estimate of drug-likeness (QED) is 0.342. The fraction of sp³-hybridized carbons (Fsp3) is 0.154. The van der Waals surface area contributed by atoms with Crippen LogP contribution in [0, 0.1) is 5.82 Å².